The molecule has 3 nitrogen and oxygen atoms in total. The first-order valence-electron chi connectivity index (χ1n) is 7.40. The minimum absolute atomic E-state index is 0.0382. The van der Waals surface area contributed by atoms with Gasteiger partial charge in [0.2, 0.25) is 5.82 Å². The quantitative estimate of drug-likeness (QED) is 0.480. The molecule has 0 radical (unpaired) electrons. The van der Waals surface area contributed by atoms with Crippen LogP contribution in [0.5, 0.6) is 0 Å². The van der Waals surface area contributed by atoms with Crippen molar-refractivity contribution in [3.8, 4) is 11.4 Å². The molecule has 0 aliphatic rings. The normalized spacial score (nSPS) is 12.9. The summed E-state index contributed by atoms with van der Waals surface area (Å²) < 4.78 is 82.5. The molecular weight excluding hydrogens is 394 g/mol. The van der Waals surface area contributed by atoms with Crippen molar-refractivity contribution < 1.29 is 30.9 Å². The van der Waals surface area contributed by atoms with Crippen molar-refractivity contribution in [3.63, 3.8) is 0 Å². The maximum absolute atomic E-state index is 12.9. The van der Waals surface area contributed by atoms with Crippen LogP contribution in [-0.2, 0) is 12.4 Å². The Hall–Kier alpha value is -2.62. The number of nitrogens with zero attached hydrogens (tertiary/aromatic N) is 2. The summed E-state index contributed by atoms with van der Waals surface area (Å²) in [6.45, 7) is 1.89. The lowest BCUT2D eigenvalue weighted by molar-refractivity contribution is -0.143. The highest BCUT2D eigenvalue weighted by Gasteiger charge is 2.37. The fourth-order valence-electron chi connectivity index (χ4n) is 2.21. The molecule has 0 aliphatic carbocycles. The molecule has 27 heavy (non-hydrogen) atoms. The Labute approximate surface area is 152 Å². The number of halogens is 6. The van der Waals surface area contributed by atoms with Crippen molar-refractivity contribution >= 4 is 23.5 Å². The molecule has 0 N–H and O–H groups in total. The molecule has 1 aromatic carbocycles. The number of aromatic nitrogens is 2. The van der Waals surface area contributed by atoms with Crippen molar-refractivity contribution in [2.75, 3.05) is 0 Å². The zero-order valence-corrected chi connectivity index (χ0v) is 14.3. The third-order valence-corrected chi connectivity index (χ3v) is 4.55. The van der Waals surface area contributed by atoms with Crippen molar-refractivity contribution in [1.82, 2.24) is 10.1 Å². The fourth-order valence-corrected chi connectivity index (χ4v) is 3.03. The van der Waals surface area contributed by atoms with Crippen LogP contribution in [0.25, 0.3) is 23.5 Å². The third-order valence-electron chi connectivity index (χ3n) is 3.57. The van der Waals surface area contributed by atoms with Gasteiger partial charge in [0.1, 0.15) is 0 Å². The third kappa shape index (κ3) is 4.38. The molecule has 2 aromatic heterocycles. The number of benzene rings is 1. The molecule has 3 rings (SSSR count). The molecule has 0 aliphatic heterocycles. The summed E-state index contributed by atoms with van der Waals surface area (Å²) in [5, 5.41) is 5.36. The SMILES string of the molecule is Cc1ccsc1/C=C/c1nc(-c2cc(C(F)(F)F)cc(C(F)(F)F)c2)no1. The molecule has 10 heteroatoms. The van der Waals surface area contributed by atoms with Crippen LogP contribution in [0.1, 0.15) is 27.5 Å². The van der Waals surface area contributed by atoms with Crippen molar-refractivity contribution in [2.24, 2.45) is 0 Å². The first-order valence-corrected chi connectivity index (χ1v) is 8.28. The number of alkyl halides is 6. The van der Waals surface area contributed by atoms with Gasteiger partial charge in [-0.25, -0.2) is 0 Å². The monoisotopic (exact) mass is 404 g/mol. The van der Waals surface area contributed by atoms with E-state index in [-0.39, 0.29) is 17.8 Å². The fraction of sp³-hybridized carbons (Fsp3) is 0.176. The highest BCUT2D eigenvalue weighted by Crippen LogP contribution is 2.38. The Bertz CT molecular complexity index is 952. The average molecular weight is 404 g/mol. The number of hydrogen-bond acceptors (Lipinski definition) is 4. The van der Waals surface area contributed by atoms with Gasteiger partial charge in [0.15, 0.2) is 0 Å². The first-order chi connectivity index (χ1) is 12.5. The summed E-state index contributed by atoms with van der Waals surface area (Å²) in [7, 11) is 0. The summed E-state index contributed by atoms with van der Waals surface area (Å²) in [5.41, 5.74) is -2.32. The van der Waals surface area contributed by atoms with Gasteiger partial charge in [-0.1, -0.05) is 5.16 Å². The number of hydrogen-bond donors (Lipinski definition) is 0. The molecule has 0 fully saturated rings. The summed E-state index contributed by atoms with van der Waals surface area (Å²) in [6, 6.07) is 3.04. The zero-order chi connectivity index (χ0) is 19.8. The summed E-state index contributed by atoms with van der Waals surface area (Å²) >= 11 is 1.45. The average Bonchev–Trinajstić information content (AvgIpc) is 3.20. The molecule has 3 aromatic rings. The van der Waals surface area contributed by atoms with Crippen LogP contribution in [-0.4, -0.2) is 10.1 Å². The smallest absolute Gasteiger partial charge is 0.334 e. The first kappa shape index (κ1) is 19.2. The molecule has 0 bridgehead atoms. The standard InChI is InChI=1S/C17H10F6N2OS/c1-9-4-5-27-13(9)2-3-14-24-15(25-26-14)10-6-11(16(18,19)20)8-12(7-10)17(21,22)23/h2-8H,1H3/b3-2+. The van der Waals surface area contributed by atoms with Gasteiger partial charge in [-0.3, -0.25) is 0 Å². The molecule has 0 spiro atoms. The minimum atomic E-state index is -4.95. The lowest BCUT2D eigenvalue weighted by Gasteiger charge is -2.12. The van der Waals surface area contributed by atoms with E-state index < -0.39 is 29.0 Å². The predicted octanol–water partition coefficient (Wildman–Crippen LogP) is 6.31. The van der Waals surface area contributed by atoms with Gasteiger partial charge in [0.05, 0.1) is 11.1 Å². The highest BCUT2D eigenvalue weighted by atomic mass is 32.1. The number of rotatable bonds is 3. The van der Waals surface area contributed by atoms with Crippen molar-refractivity contribution in [2.45, 2.75) is 19.3 Å². The maximum atomic E-state index is 12.9. The van der Waals surface area contributed by atoms with Crippen LogP contribution in [0.15, 0.2) is 34.2 Å². The highest BCUT2D eigenvalue weighted by molar-refractivity contribution is 7.11. The minimum Gasteiger partial charge on any atom is -0.334 e. The van der Waals surface area contributed by atoms with Gasteiger partial charge in [0.25, 0.3) is 5.89 Å². The Morgan fingerprint density at radius 3 is 2.11 bits per heavy atom. The number of aryl methyl sites for hydroxylation is 1. The lowest BCUT2D eigenvalue weighted by Crippen LogP contribution is -2.11. The Morgan fingerprint density at radius 1 is 0.963 bits per heavy atom. The van der Waals surface area contributed by atoms with Crippen LogP contribution < -0.4 is 0 Å². The number of thiophene rings is 1. The Morgan fingerprint density at radius 2 is 1.59 bits per heavy atom. The van der Waals surface area contributed by atoms with Crippen molar-refractivity contribution in [1.29, 1.82) is 0 Å². The van der Waals surface area contributed by atoms with Gasteiger partial charge < -0.3 is 4.52 Å². The summed E-state index contributed by atoms with van der Waals surface area (Å²) in [5.74, 6) is -0.405. The van der Waals surface area contributed by atoms with Gasteiger partial charge in [-0.15, -0.1) is 11.3 Å². The molecule has 142 valence electrons. The van der Waals surface area contributed by atoms with E-state index >= 15 is 0 Å². The Kier molecular flexibility index (Phi) is 4.85. The zero-order valence-electron chi connectivity index (χ0n) is 13.5. The Balaban J connectivity index is 1.98. The second-order valence-corrected chi connectivity index (χ2v) is 6.50. The van der Waals surface area contributed by atoms with E-state index in [2.05, 4.69) is 10.1 Å². The lowest BCUT2D eigenvalue weighted by atomic mass is 10.0. The van der Waals surface area contributed by atoms with Crippen LogP contribution in [0.3, 0.4) is 0 Å². The molecule has 0 atom stereocenters. The second-order valence-electron chi connectivity index (χ2n) is 5.55. The summed E-state index contributed by atoms with van der Waals surface area (Å²) in [4.78, 5) is 4.77. The van der Waals surface area contributed by atoms with E-state index in [1.54, 1.807) is 6.08 Å². The largest absolute Gasteiger partial charge is 0.416 e. The van der Waals surface area contributed by atoms with Crippen molar-refractivity contribution in [3.05, 3.63) is 57.1 Å². The second kappa shape index (κ2) is 6.84. The van der Waals surface area contributed by atoms with Crippen LogP contribution in [0.2, 0.25) is 0 Å². The van der Waals surface area contributed by atoms with Crippen LogP contribution >= 0.6 is 11.3 Å². The topological polar surface area (TPSA) is 38.9 Å². The van der Waals surface area contributed by atoms with E-state index in [1.165, 1.54) is 17.4 Å². The van der Waals surface area contributed by atoms with Gasteiger partial charge in [-0.05, 0) is 48.2 Å². The van der Waals surface area contributed by atoms with E-state index in [0.717, 1.165) is 10.4 Å². The van der Waals surface area contributed by atoms with E-state index in [0.29, 0.717) is 12.1 Å². The molecular formula is C17H10F6N2OS. The van der Waals surface area contributed by atoms with Gasteiger partial charge >= 0.3 is 12.4 Å². The van der Waals surface area contributed by atoms with Crippen LogP contribution in [0, 0.1) is 6.92 Å². The van der Waals surface area contributed by atoms with Crippen LogP contribution in [0.4, 0.5) is 26.3 Å². The van der Waals surface area contributed by atoms with E-state index in [1.807, 2.05) is 18.4 Å². The molecule has 0 saturated heterocycles. The molecule has 0 amide bonds. The summed E-state index contributed by atoms with van der Waals surface area (Å²) in [6.07, 6.45) is -6.78. The molecule has 0 unspecified atom stereocenters. The van der Waals surface area contributed by atoms with E-state index in [9.17, 15) is 26.3 Å². The maximum Gasteiger partial charge on any atom is 0.416 e. The van der Waals surface area contributed by atoms with E-state index in [4.69, 9.17) is 4.52 Å². The van der Waals surface area contributed by atoms with Gasteiger partial charge in [0, 0.05) is 16.5 Å². The predicted molar refractivity (Wildman–Crippen MR) is 87.7 cm³/mol. The molecule has 0 saturated carbocycles. The van der Waals surface area contributed by atoms with Gasteiger partial charge in [-0.2, -0.15) is 31.3 Å². The molecule has 2 heterocycles.